The molecule has 0 aliphatic heterocycles. The van der Waals surface area contributed by atoms with Crippen LogP contribution in [0.5, 0.6) is 5.75 Å². The molecule has 0 fully saturated rings. The Morgan fingerprint density at radius 3 is 2.24 bits per heavy atom. The van der Waals surface area contributed by atoms with Crippen molar-refractivity contribution in [2.75, 3.05) is 11.9 Å². The maximum absolute atomic E-state index is 12.7. The number of rotatable bonds is 8. The molecule has 1 atom stereocenters. The second kappa shape index (κ2) is 12.0. The standard InChI is InChI=1S/C27H29N3O3S/c1-18(2)17-33-24-14-12-21(13-15-24)25(31)30-27(34)29-23-11-7-10-22(16-23)26(32)28-19(3)20-8-5-4-6-9-20/h4-16,18-19H,17H2,1-3H3,(H,28,32)(H2,29,30,31,34). The van der Waals surface area contributed by atoms with Gasteiger partial charge in [-0.1, -0.05) is 50.2 Å². The van der Waals surface area contributed by atoms with Crippen LogP contribution in [0, 0.1) is 5.92 Å². The number of hydrogen-bond donors (Lipinski definition) is 3. The molecule has 0 aromatic heterocycles. The van der Waals surface area contributed by atoms with E-state index >= 15 is 0 Å². The minimum Gasteiger partial charge on any atom is -0.493 e. The molecule has 34 heavy (non-hydrogen) atoms. The Kier molecular flexibility index (Phi) is 8.76. The highest BCUT2D eigenvalue weighted by molar-refractivity contribution is 7.80. The number of carbonyl (C=O) groups excluding carboxylic acids is 2. The largest absolute Gasteiger partial charge is 0.493 e. The highest BCUT2D eigenvalue weighted by Gasteiger charge is 2.13. The van der Waals surface area contributed by atoms with Gasteiger partial charge in [0.2, 0.25) is 0 Å². The molecule has 6 nitrogen and oxygen atoms in total. The highest BCUT2D eigenvalue weighted by Crippen LogP contribution is 2.16. The zero-order valence-electron chi connectivity index (χ0n) is 19.5. The van der Waals surface area contributed by atoms with Gasteiger partial charge in [-0.2, -0.15) is 0 Å². The zero-order valence-corrected chi connectivity index (χ0v) is 20.3. The molecule has 7 heteroatoms. The number of amides is 2. The van der Waals surface area contributed by atoms with Crippen molar-refractivity contribution in [3.05, 3.63) is 95.6 Å². The van der Waals surface area contributed by atoms with Crippen LogP contribution in [0.25, 0.3) is 0 Å². The second-order valence-electron chi connectivity index (χ2n) is 8.32. The van der Waals surface area contributed by atoms with Crippen LogP contribution in [0.1, 0.15) is 53.1 Å². The molecule has 3 aromatic carbocycles. The SMILES string of the molecule is CC(C)COc1ccc(C(=O)NC(=S)Nc2cccc(C(=O)NC(C)c3ccccc3)c2)cc1. The molecule has 0 radical (unpaired) electrons. The molecule has 0 aliphatic rings. The first kappa shape index (κ1) is 24.9. The summed E-state index contributed by atoms with van der Waals surface area (Å²) >= 11 is 5.28. The van der Waals surface area contributed by atoms with E-state index < -0.39 is 0 Å². The Hall–Kier alpha value is -3.71. The van der Waals surface area contributed by atoms with Crippen LogP contribution in [0.4, 0.5) is 5.69 Å². The van der Waals surface area contributed by atoms with Gasteiger partial charge in [-0.05, 0) is 73.1 Å². The first-order chi connectivity index (χ1) is 16.3. The Balaban J connectivity index is 1.55. The summed E-state index contributed by atoms with van der Waals surface area (Å²) in [6.45, 7) is 6.69. The molecule has 1 unspecified atom stereocenters. The van der Waals surface area contributed by atoms with E-state index in [-0.39, 0.29) is 23.0 Å². The summed E-state index contributed by atoms with van der Waals surface area (Å²) in [4.78, 5) is 25.2. The van der Waals surface area contributed by atoms with E-state index in [1.807, 2.05) is 37.3 Å². The molecular formula is C27H29N3O3S. The second-order valence-corrected chi connectivity index (χ2v) is 8.73. The number of carbonyl (C=O) groups is 2. The van der Waals surface area contributed by atoms with Crippen LogP contribution in [0.2, 0.25) is 0 Å². The molecular weight excluding hydrogens is 446 g/mol. The molecule has 3 aromatic rings. The van der Waals surface area contributed by atoms with Crippen molar-refractivity contribution in [3.8, 4) is 5.75 Å². The first-order valence-corrected chi connectivity index (χ1v) is 11.5. The molecule has 0 saturated carbocycles. The average molecular weight is 476 g/mol. The van der Waals surface area contributed by atoms with E-state index in [1.54, 1.807) is 48.5 Å². The molecule has 2 amide bonds. The number of benzene rings is 3. The lowest BCUT2D eigenvalue weighted by molar-refractivity contribution is 0.0938. The van der Waals surface area contributed by atoms with Crippen molar-refractivity contribution >= 4 is 34.8 Å². The van der Waals surface area contributed by atoms with E-state index in [1.165, 1.54) is 0 Å². The normalized spacial score (nSPS) is 11.4. The van der Waals surface area contributed by atoms with Crippen LogP contribution in [-0.2, 0) is 0 Å². The number of thiocarbonyl (C=S) groups is 1. The van der Waals surface area contributed by atoms with Gasteiger partial charge in [-0.25, -0.2) is 0 Å². The van der Waals surface area contributed by atoms with Gasteiger partial charge in [-0.15, -0.1) is 0 Å². The maximum atomic E-state index is 12.7. The van der Waals surface area contributed by atoms with E-state index in [0.717, 1.165) is 5.56 Å². The predicted octanol–water partition coefficient (Wildman–Crippen LogP) is 5.34. The minimum atomic E-state index is -0.335. The zero-order chi connectivity index (χ0) is 24.5. The molecule has 0 heterocycles. The quantitative estimate of drug-likeness (QED) is 0.383. The molecule has 3 rings (SSSR count). The van der Waals surface area contributed by atoms with Gasteiger partial charge in [0.05, 0.1) is 12.6 Å². The Morgan fingerprint density at radius 1 is 0.853 bits per heavy atom. The molecule has 176 valence electrons. The molecule has 0 bridgehead atoms. The van der Waals surface area contributed by atoms with Crippen molar-refractivity contribution in [3.63, 3.8) is 0 Å². The summed E-state index contributed by atoms with van der Waals surface area (Å²) in [6.07, 6.45) is 0. The van der Waals surface area contributed by atoms with Gasteiger partial charge in [0.15, 0.2) is 5.11 Å². The third-order valence-corrected chi connectivity index (χ3v) is 5.16. The summed E-state index contributed by atoms with van der Waals surface area (Å²) in [5.74, 6) is 0.596. The molecule has 3 N–H and O–H groups in total. The fourth-order valence-corrected chi connectivity index (χ4v) is 3.36. The molecule has 0 spiro atoms. The summed E-state index contributed by atoms with van der Waals surface area (Å²) in [5, 5.41) is 8.74. The average Bonchev–Trinajstić information content (AvgIpc) is 2.83. The summed E-state index contributed by atoms with van der Waals surface area (Å²) < 4.78 is 5.64. The van der Waals surface area contributed by atoms with E-state index in [9.17, 15) is 9.59 Å². The number of hydrogen-bond acceptors (Lipinski definition) is 4. The summed E-state index contributed by atoms with van der Waals surface area (Å²) in [6, 6.07) is 23.4. The van der Waals surface area contributed by atoms with Crippen molar-refractivity contribution in [1.29, 1.82) is 0 Å². The van der Waals surface area contributed by atoms with Gasteiger partial charge >= 0.3 is 0 Å². The number of nitrogens with one attached hydrogen (secondary N) is 3. The van der Waals surface area contributed by atoms with Crippen LogP contribution in [-0.4, -0.2) is 23.5 Å². The Bertz CT molecular complexity index is 1130. The third kappa shape index (κ3) is 7.42. The summed E-state index contributed by atoms with van der Waals surface area (Å²) in [7, 11) is 0. The van der Waals surface area contributed by atoms with Crippen molar-refractivity contribution in [2.45, 2.75) is 26.8 Å². The predicted molar refractivity (Wildman–Crippen MR) is 139 cm³/mol. The van der Waals surface area contributed by atoms with Crippen LogP contribution < -0.4 is 20.7 Å². The molecule has 0 aliphatic carbocycles. The minimum absolute atomic E-state index is 0.132. The van der Waals surface area contributed by atoms with E-state index in [2.05, 4.69) is 29.8 Å². The van der Waals surface area contributed by atoms with E-state index in [0.29, 0.717) is 35.1 Å². The monoisotopic (exact) mass is 475 g/mol. The van der Waals surface area contributed by atoms with Crippen LogP contribution in [0.15, 0.2) is 78.9 Å². The van der Waals surface area contributed by atoms with Crippen LogP contribution >= 0.6 is 12.2 Å². The Labute approximate surface area is 205 Å². The van der Waals surface area contributed by atoms with Gasteiger partial charge in [0.25, 0.3) is 11.8 Å². The Morgan fingerprint density at radius 2 is 1.56 bits per heavy atom. The topological polar surface area (TPSA) is 79.5 Å². The van der Waals surface area contributed by atoms with Crippen molar-refractivity contribution in [1.82, 2.24) is 10.6 Å². The van der Waals surface area contributed by atoms with Crippen LogP contribution in [0.3, 0.4) is 0 Å². The highest BCUT2D eigenvalue weighted by atomic mass is 32.1. The van der Waals surface area contributed by atoms with Gasteiger partial charge in [0.1, 0.15) is 5.75 Å². The van der Waals surface area contributed by atoms with Crippen molar-refractivity contribution in [2.24, 2.45) is 5.92 Å². The fraction of sp³-hybridized carbons (Fsp3) is 0.222. The van der Waals surface area contributed by atoms with Crippen molar-refractivity contribution < 1.29 is 14.3 Å². The van der Waals surface area contributed by atoms with Gasteiger partial charge in [0, 0.05) is 16.8 Å². The third-order valence-electron chi connectivity index (χ3n) is 4.96. The maximum Gasteiger partial charge on any atom is 0.257 e. The smallest absolute Gasteiger partial charge is 0.257 e. The lowest BCUT2D eigenvalue weighted by atomic mass is 10.1. The number of anilines is 1. The summed E-state index contributed by atoms with van der Waals surface area (Å²) in [5.41, 5.74) is 2.57. The number of ether oxygens (including phenoxy) is 1. The van der Waals surface area contributed by atoms with E-state index in [4.69, 9.17) is 17.0 Å². The fourth-order valence-electron chi connectivity index (χ4n) is 3.15. The van der Waals surface area contributed by atoms with Gasteiger partial charge in [-0.3, -0.25) is 14.9 Å². The van der Waals surface area contributed by atoms with Gasteiger partial charge < -0.3 is 15.4 Å². The molecule has 0 saturated heterocycles. The lowest BCUT2D eigenvalue weighted by Crippen LogP contribution is -2.34. The lowest BCUT2D eigenvalue weighted by Gasteiger charge is -2.15. The first-order valence-electron chi connectivity index (χ1n) is 11.1.